The van der Waals surface area contributed by atoms with Crippen LogP contribution in [0.5, 0.6) is 0 Å². The largest absolute Gasteiger partial charge is 0.465 e. The van der Waals surface area contributed by atoms with Crippen LogP contribution >= 0.6 is 12.4 Å². The number of furan rings is 1. The van der Waals surface area contributed by atoms with Gasteiger partial charge in [0.15, 0.2) is 0 Å². The van der Waals surface area contributed by atoms with Crippen LogP contribution in [0.15, 0.2) is 9.31 Å². The molecule has 2 aliphatic rings. The van der Waals surface area contributed by atoms with Crippen molar-refractivity contribution < 1.29 is 22.4 Å². The van der Waals surface area contributed by atoms with Gasteiger partial charge in [-0.2, -0.15) is 4.31 Å². The number of sulfonamides is 1. The average molecular weight is 379 g/mol. The standard InChI is InChI=1S/C15H22N2O5S.ClH/c1-9-13(15(18)21-3)14(10(2)22-9)23(19,20)17-7-6-11-4-5-12(8-17)16-11;/h11-12,16H,4-8H2,1-3H3;1H. The Morgan fingerprint density at radius 2 is 1.88 bits per heavy atom. The van der Waals surface area contributed by atoms with Crippen LogP contribution in [0, 0.1) is 13.8 Å². The molecule has 2 fully saturated rings. The summed E-state index contributed by atoms with van der Waals surface area (Å²) in [6.07, 6.45) is 2.85. The van der Waals surface area contributed by atoms with E-state index in [0.29, 0.717) is 19.1 Å². The van der Waals surface area contributed by atoms with Gasteiger partial charge in [-0.15, -0.1) is 12.4 Å². The van der Waals surface area contributed by atoms with Gasteiger partial charge in [0, 0.05) is 25.2 Å². The summed E-state index contributed by atoms with van der Waals surface area (Å²) >= 11 is 0. The first-order valence-corrected chi connectivity index (χ1v) is 9.23. The Balaban J connectivity index is 0.00000208. The van der Waals surface area contributed by atoms with Crippen molar-refractivity contribution in [3.63, 3.8) is 0 Å². The van der Waals surface area contributed by atoms with E-state index in [1.165, 1.54) is 11.4 Å². The molecule has 0 spiro atoms. The van der Waals surface area contributed by atoms with E-state index >= 15 is 0 Å². The molecule has 3 rings (SSSR count). The van der Waals surface area contributed by atoms with Gasteiger partial charge >= 0.3 is 5.97 Å². The van der Waals surface area contributed by atoms with Crippen molar-refractivity contribution >= 4 is 28.4 Å². The predicted octanol–water partition coefficient (Wildman–Crippen LogP) is 1.62. The van der Waals surface area contributed by atoms with Gasteiger partial charge in [0.05, 0.1) is 7.11 Å². The SMILES string of the molecule is COC(=O)c1c(C)oc(C)c1S(=O)(=O)N1CCC2CCC(C1)N2.Cl. The molecule has 0 aliphatic carbocycles. The van der Waals surface area contributed by atoms with Crippen molar-refractivity contribution in [1.29, 1.82) is 0 Å². The molecule has 2 saturated heterocycles. The molecule has 0 aromatic carbocycles. The number of ether oxygens (including phenoxy) is 1. The summed E-state index contributed by atoms with van der Waals surface area (Å²) in [5, 5.41) is 3.45. The van der Waals surface area contributed by atoms with Gasteiger partial charge in [-0.05, 0) is 33.1 Å². The lowest BCUT2D eigenvalue weighted by molar-refractivity contribution is 0.0594. The molecule has 7 nitrogen and oxygen atoms in total. The summed E-state index contributed by atoms with van der Waals surface area (Å²) in [5.74, 6) is -0.194. The number of nitrogens with zero attached hydrogens (tertiary/aromatic N) is 1. The zero-order valence-electron chi connectivity index (χ0n) is 14.0. The Hall–Kier alpha value is -1.09. The lowest BCUT2D eigenvalue weighted by atomic mass is 10.1. The van der Waals surface area contributed by atoms with Crippen LogP contribution in [0.4, 0.5) is 0 Å². The van der Waals surface area contributed by atoms with Gasteiger partial charge in [-0.25, -0.2) is 13.2 Å². The first-order chi connectivity index (χ1) is 10.8. The quantitative estimate of drug-likeness (QED) is 0.804. The molecule has 2 aliphatic heterocycles. The molecule has 2 bridgehead atoms. The summed E-state index contributed by atoms with van der Waals surface area (Å²) in [7, 11) is -2.57. The number of methoxy groups -OCH3 is 1. The molecule has 136 valence electrons. The minimum absolute atomic E-state index is 0. The number of nitrogens with one attached hydrogen (secondary N) is 1. The predicted molar refractivity (Wildman–Crippen MR) is 90.1 cm³/mol. The Morgan fingerprint density at radius 1 is 1.21 bits per heavy atom. The van der Waals surface area contributed by atoms with E-state index in [9.17, 15) is 13.2 Å². The summed E-state index contributed by atoms with van der Waals surface area (Å²) in [6, 6.07) is 0.555. The van der Waals surface area contributed by atoms with Crippen molar-refractivity contribution in [3.8, 4) is 0 Å². The summed E-state index contributed by atoms with van der Waals surface area (Å²) < 4.78 is 37.9. The van der Waals surface area contributed by atoms with Gasteiger partial charge in [0.2, 0.25) is 10.0 Å². The van der Waals surface area contributed by atoms with Crippen molar-refractivity contribution in [2.24, 2.45) is 0 Å². The van der Waals surface area contributed by atoms with E-state index in [2.05, 4.69) is 5.32 Å². The maximum Gasteiger partial charge on any atom is 0.342 e. The van der Waals surface area contributed by atoms with Gasteiger partial charge in [-0.1, -0.05) is 0 Å². The third kappa shape index (κ3) is 3.20. The zero-order chi connectivity index (χ0) is 16.8. The lowest BCUT2D eigenvalue weighted by Crippen LogP contribution is -2.39. The molecular weight excluding hydrogens is 356 g/mol. The van der Waals surface area contributed by atoms with Crippen molar-refractivity contribution in [1.82, 2.24) is 9.62 Å². The van der Waals surface area contributed by atoms with Crippen molar-refractivity contribution in [3.05, 3.63) is 17.1 Å². The van der Waals surface area contributed by atoms with Crippen molar-refractivity contribution in [2.45, 2.75) is 50.1 Å². The number of aryl methyl sites for hydroxylation is 2. The average Bonchev–Trinajstić information content (AvgIpc) is 2.96. The van der Waals surface area contributed by atoms with Crippen LogP contribution in [0.25, 0.3) is 0 Å². The molecule has 2 unspecified atom stereocenters. The highest BCUT2D eigenvalue weighted by molar-refractivity contribution is 7.89. The van der Waals surface area contributed by atoms with E-state index in [1.54, 1.807) is 13.8 Å². The fraction of sp³-hybridized carbons (Fsp3) is 0.667. The van der Waals surface area contributed by atoms with Gasteiger partial charge < -0.3 is 14.5 Å². The third-order valence-electron chi connectivity index (χ3n) is 4.68. The summed E-state index contributed by atoms with van der Waals surface area (Å²) in [5.41, 5.74) is 0.00682. The highest BCUT2D eigenvalue weighted by Gasteiger charge is 2.39. The molecule has 1 N–H and O–H groups in total. The Morgan fingerprint density at radius 3 is 2.54 bits per heavy atom. The highest BCUT2D eigenvalue weighted by Crippen LogP contribution is 2.32. The van der Waals surface area contributed by atoms with Gasteiger partial charge in [0.25, 0.3) is 0 Å². The summed E-state index contributed by atoms with van der Waals surface area (Å²) in [4.78, 5) is 12.0. The topological polar surface area (TPSA) is 88.8 Å². The molecule has 24 heavy (non-hydrogen) atoms. The first-order valence-electron chi connectivity index (χ1n) is 7.79. The Bertz CT molecular complexity index is 730. The molecule has 2 atom stereocenters. The second-order valence-corrected chi connectivity index (χ2v) is 8.07. The normalized spacial score (nSPS) is 24.3. The Labute approximate surface area is 148 Å². The fourth-order valence-electron chi connectivity index (χ4n) is 3.57. The first kappa shape index (κ1) is 19.2. The van der Waals surface area contributed by atoms with Crippen LogP contribution in [-0.4, -0.2) is 51.0 Å². The van der Waals surface area contributed by atoms with E-state index < -0.39 is 16.0 Å². The Kier molecular flexibility index (Phi) is 5.64. The molecular formula is C15H23ClN2O5S. The number of hydrogen-bond acceptors (Lipinski definition) is 6. The van der Waals surface area contributed by atoms with Gasteiger partial charge in [0.1, 0.15) is 22.0 Å². The second kappa shape index (κ2) is 7.03. The lowest BCUT2D eigenvalue weighted by Gasteiger charge is -2.23. The summed E-state index contributed by atoms with van der Waals surface area (Å²) in [6.45, 7) is 4.00. The van der Waals surface area contributed by atoms with E-state index in [4.69, 9.17) is 9.15 Å². The van der Waals surface area contributed by atoms with Crippen LogP contribution < -0.4 is 5.32 Å². The number of carbonyl (C=O) groups excluding carboxylic acids is 1. The maximum atomic E-state index is 13.1. The van der Waals surface area contributed by atoms with E-state index in [1.807, 2.05) is 0 Å². The molecule has 0 radical (unpaired) electrons. The minimum atomic E-state index is -3.80. The molecule has 3 heterocycles. The smallest absolute Gasteiger partial charge is 0.342 e. The molecule has 0 amide bonds. The molecule has 9 heteroatoms. The maximum absolute atomic E-state index is 13.1. The van der Waals surface area contributed by atoms with Crippen LogP contribution in [0.3, 0.4) is 0 Å². The number of fused-ring (bicyclic) bond motifs is 2. The zero-order valence-corrected chi connectivity index (χ0v) is 15.6. The molecule has 0 saturated carbocycles. The minimum Gasteiger partial charge on any atom is -0.465 e. The number of halogens is 1. The van der Waals surface area contributed by atoms with E-state index in [-0.39, 0.29) is 40.4 Å². The number of hydrogen-bond donors (Lipinski definition) is 1. The molecule has 1 aromatic heterocycles. The van der Waals surface area contributed by atoms with E-state index in [0.717, 1.165) is 19.3 Å². The van der Waals surface area contributed by atoms with Crippen LogP contribution in [0.1, 0.15) is 41.1 Å². The van der Waals surface area contributed by atoms with Gasteiger partial charge in [-0.3, -0.25) is 0 Å². The van der Waals surface area contributed by atoms with Crippen LogP contribution in [-0.2, 0) is 14.8 Å². The van der Waals surface area contributed by atoms with Crippen LogP contribution in [0.2, 0.25) is 0 Å². The third-order valence-corrected chi connectivity index (χ3v) is 6.70. The molecule has 1 aromatic rings. The van der Waals surface area contributed by atoms with Crippen molar-refractivity contribution in [2.75, 3.05) is 20.2 Å². The highest BCUT2D eigenvalue weighted by atomic mass is 35.5. The number of carbonyl (C=O) groups is 1. The second-order valence-electron chi connectivity index (χ2n) is 6.20. The fourth-order valence-corrected chi connectivity index (χ4v) is 5.44. The number of rotatable bonds is 3. The monoisotopic (exact) mass is 378 g/mol. The number of esters is 1.